The van der Waals surface area contributed by atoms with E-state index in [0.29, 0.717) is 11.8 Å². The minimum absolute atomic E-state index is 0.153. The smallest absolute Gasteiger partial charge is 0.0619 e. The van der Waals surface area contributed by atoms with Crippen LogP contribution >= 0.6 is 11.6 Å². The summed E-state index contributed by atoms with van der Waals surface area (Å²) in [6.07, 6.45) is 3.44. The molecule has 0 bridgehead atoms. The molecule has 0 aliphatic heterocycles. The fourth-order valence-electron chi connectivity index (χ4n) is 3.32. The third-order valence-electron chi connectivity index (χ3n) is 4.69. The van der Waals surface area contributed by atoms with E-state index in [1.54, 1.807) is 0 Å². The number of alkyl halides is 1. The maximum atomic E-state index is 6.74. The second-order valence-electron chi connectivity index (χ2n) is 6.50. The Hall–Kier alpha value is -1.27. The fraction of sp³-hybridized carbons (Fsp3) is 0.400. The van der Waals surface area contributed by atoms with Gasteiger partial charge in [0, 0.05) is 0 Å². The predicted octanol–water partition coefficient (Wildman–Crippen LogP) is 5.90. The summed E-state index contributed by atoms with van der Waals surface area (Å²) in [4.78, 5) is 0. The first-order valence-corrected chi connectivity index (χ1v) is 8.39. The third kappa shape index (κ3) is 3.16. The molecular weight excluding hydrogens is 276 g/mol. The fourth-order valence-corrected chi connectivity index (χ4v) is 3.75. The zero-order valence-corrected chi connectivity index (χ0v) is 13.6. The molecule has 0 saturated carbocycles. The molecule has 0 nitrogen and oxygen atoms in total. The van der Waals surface area contributed by atoms with E-state index < -0.39 is 0 Å². The summed E-state index contributed by atoms with van der Waals surface area (Å²) in [6.45, 7) is 4.48. The van der Waals surface area contributed by atoms with Gasteiger partial charge >= 0.3 is 0 Å². The molecule has 0 aromatic heterocycles. The van der Waals surface area contributed by atoms with E-state index >= 15 is 0 Å². The maximum absolute atomic E-state index is 6.74. The highest BCUT2D eigenvalue weighted by Gasteiger charge is 2.27. The molecule has 0 heterocycles. The molecule has 3 rings (SSSR count). The van der Waals surface area contributed by atoms with Crippen molar-refractivity contribution < 1.29 is 0 Å². The lowest BCUT2D eigenvalue weighted by Crippen LogP contribution is -2.19. The second kappa shape index (κ2) is 6.23. The molecule has 0 fully saturated rings. The average Bonchev–Trinajstić information content (AvgIpc) is 2.51. The lowest BCUT2D eigenvalue weighted by molar-refractivity contribution is 0.442. The molecule has 110 valence electrons. The van der Waals surface area contributed by atoms with Gasteiger partial charge in [0.1, 0.15) is 0 Å². The van der Waals surface area contributed by atoms with Gasteiger partial charge in [-0.2, -0.15) is 0 Å². The van der Waals surface area contributed by atoms with Crippen molar-refractivity contribution in [2.45, 2.75) is 44.4 Å². The van der Waals surface area contributed by atoms with Gasteiger partial charge in [-0.25, -0.2) is 0 Å². The first-order valence-electron chi connectivity index (χ1n) is 7.96. The summed E-state index contributed by atoms with van der Waals surface area (Å²) in [5.74, 6) is 1.15. The maximum Gasteiger partial charge on any atom is 0.0619 e. The van der Waals surface area contributed by atoms with E-state index in [4.69, 9.17) is 11.6 Å². The van der Waals surface area contributed by atoms with Gasteiger partial charge in [0.2, 0.25) is 0 Å². The van der Waals surface area contributed by atoms with E-state index in [-0.39, 0.29) is 5.38 Å². The summed E-state index contributed by atoms with van der Waals surface area (Å²) in [5.41, 5.74) is 5.60. The molecule has 1 aliphatic carbocycles. The van der Waals surface area contributed by atoms with Crippen LogP contribution in [0.15, 0.2) is 48.5 Å². The summed E-state index contributed by atoms with van der Waals surface area (Å²) in [6, 6.07) is 17.7. The summed E-state index contributed by atoms with van der Waals surface area (Å²) in [5, 5.41) is 0.153. The van der Waals surface area contributed by atoms with Crippen molar-refractivity contribution in [1.29, 1.82) is 0 Å². The summed E-state index contributed by atoms with van der Waals surface area (Å²) in [7, 11) is 0. The van der Waals surface area contributed by atoms with Gasteiger partial charge in [0.25, 0.3) is 0 Å². The predicted molar refractivity (Wildman–Crippen MR) is 91.1 cm³/mol. The summed E-state index contributed by atoms with van der Waals surface area (Å²) >= 11 is 6.74. The lowest BCUT2D eigenvalue weighted by Gasteiger charge is -2.29. The van der Waals surface area contributed by atoms with Crippen LogP contribution in [0.4, 0.5) is 0 Å². The standard InChI is InChI=1S/C20H23Cl/c1-14(2)16-9-7-15(8-10-16)13-18-12-11-17-5-3-4-6-19(17)20(18)21/h3-10,14,18,20H,11-13H2,1-2H3. The molecule has 2 atom stereocenters. The average molecular weight is 299 g/mol. The molecular formula is C20H23Cl. The highest BCUT2D eigenvalue weighted by molar-refractivity contribution is 6.21. The first kappa shape index (κ1) is 14.7. The second-order valence-corrected chi connectivity index (χ2v) is 6.97. The van der Waals surface area contributed by atoms with Crippen LogP contribution in [0.25, 0.3) is 0 Å². The summed E-state index contributed by atoms with van der Waals surface area (Å²) < 4.78 is 0. The zero-order chi connectivity index (χ0) is 14.8. The minimum Gasteiger partial charge on any atom is -0.117 e. The Kier molecular flexibility index (Phi) is 4.35. The molecule has 0 amide bonds. The minimum atomic E-state index is 0.153. The van der Waals surface area contributed by atoms with E-state index in [2.05, 4.69) is 62.4 Å². The van der Waals surface area contributed by atoms with Gasteiger partial charge in [-0.15, -0.1) is 11.6 Å². The van der Waals surface area contributed by atoms with Gasteiger partial charge in [-0.1, -0.05) is 62.4 Å². The number of halogens is 1. The molecule has 0 radical (unpaired) electrons. The van der Waals surface area contributed by atoms with Crippen LogP contribution in [-0.4, -0.2) is 0 Å². The van der Waals surface area contributed by atoms with Crippen molar-refractivity contribution >= 4 is 11.6 Å². The molecule has 0 saturated heterocycles. The Morgan fingerprint density at radius 1 is 1.05 bits per heavy atom. The van der Waals surface area contributed by atoms with Crippen LogP contribution in [0.2, 0.25) is 0 Å². The number of fused-ring (bicyclic) bond motifs is 1. The van der Waals surface area contributed by atoms with Crippen LogP contribution in [0.3, 0.4) is 0 Å². The molecule has 0 spiro atoms. The Morgan fingerprint density at radius 2 is 1.76 bits per heavy atom. The highest BCUT2D eigenvalue weighted by Crippen LogP contribution is 2.40. The molecule has 21 heavy (non-hydrogen) atoms. The zero-order valence-electron chi connectivity index (χ0n) is 12.9. The SMILES string of the molecule is CC(C)c1ccc(CC2CCc3ccccc3C2Cl)cc1. The van der Waals surface area contributed by atoms with E-state index in [1.165, 1.54) is 28.7 Å². The van der Waals surface area contributed by atoms with Gasteiger partial charge < -0.3 is 0 Å². The normalized spacial score (nSPS) is 21.3. The lowest BCUT2D eigenvalue weighted by atomic mass is 9.80. The number of aryl methyl sites for hydroxylation is 1. The molecule has 0 N–H and O–H groups in total. The van der Waals surface area contributed by atoms with Crippen LogP contribution in [-0.2, 0) is 12.8 Å². The molecule has 1 aliphatic rings. The van der Waals surface area contributed by atoms with Crippen molar-refractivity contribution in [3.05, 3.63) is 70.8 Å². The van der Waals surface area contributed by atoms with E-state index in [1.807, 2.05) is 0 Å². The van der Waals surface area contributed by atoms with Gasteiger partial charge in [-0.05, 0) is 53.4 Å². The van der Waals surface area contributed by atoms with Crippen molar-refractivity contribution in [1.82, 2.24) is 0 Å². The third-order valence-corrected chi connectivity index (χ3v) is 5.29. The number of hydrogen-bond acceptors (Lipinski definition) is 0. The van der Waals surface area contributed by atoms with Gasteiger partial charge in [-0.3, -0.25) is 0 Å². The number of hydrogen-bond donors (Lipinski definition) is 0. The van der Waals surface area contributed by atoms with Crippen molar-refractivity contribution in [2.75, 3.05) is 0 Å². The molecule has 2 aromatic carbocycles. The van der Waals surface area contributed by atoms with Crippen molar-refractivity contribution in [2.24, 2.45) is 5.92 Å². The number of benzene rings is 2. The van der Waals surface area contributed by atoms with Crippen LogP contribution in [0, 0.1) is 5.92 Å². The molecule has 2 aromatic rings. The van der Waals surface area contributed by atoms with Gasteiger partial charge in [0.05, 0.1) is 5.38 Å². The van der Waals surface area contributed by atoms with Crippen LogP contribution in [0.5, 0.6) is 0 Å². The molecule has 2 unspecified atom stereocenters. The first-order chi connectivity index (χ1) is 10.1. The Bertz CT molecular complexity index is 597. The Balaban J connectivity index is 1.74. The number of rotatable bonds is 3. The Morgan fingerprint density at radius 3 is 2.48 bits per heavy atom. The largest absolute Gasteiger partial charge is 0.117 e. The topological polar surface area (TPSA) is 0 Å². The monoisotopic (exact) mass is 298 g/mol. The van der Waals surface area contributed by atoms with Crippen LogP contribution in [0.1, 0.15) is 53.8 Å². The van der Waals surface area contributed by atoms with Gasteiger partial charge in [0.15, 0.2) is 0 Å². The van der Waals surface area contributed by atoms with E-state index in [9.17, 15) is 0 Å². The van der Waals surface area contributed by atoms with Crippen molar-refractivity contribution in [3.8, 4) is 0 Å². The Labute approximate surface area is 133 Å². The molecule has 1 heteroatoms. The highest BCUT2D eigenvalue weighted by atomic mass is 35.5. The quantitative estimate of drug-likeness (QED) is 0.619. The van der Waals surface area contributed by atoms with Crippen molar-refractivity contribution in [3.63, 3.8) is 0 Å². The van der Waals surface area contributed by atoms with E-state index in [0.717, 1.165) is 12.8 Å². The van der Waals surface area contributed by atoms with Crippen LogP contribution < -0.4 is 0 Å².